The molecule has 0 aliphatic carbocycles. The molecule has 6 heteroatoms. The summed E-state index contributed by atoms with van der Waals surface area (Å²) in [7, 11) is 3.74. The van der Waals surface area contributed by atoms with Crippen LogP contribution >= 0.6 is 27.3 Å². The topological polar surface area (TPSA) is 45.2 Å². The highest BCUT2D eigenvalue weighted by Gasteiger charge is 2.13. The number of anilines is 1. The minimum atomic E-state index is -0.110. The number of halogens is 1. The molecule has 0 bridgehead atoms. The molecule has 0 atom stereocenters. The van der Waals surface area contributed by atoms with Gasteiger partial charge in [0.25, 0.3) is 5.91 Å². The van der Waals surface area contributed by atoms with Gasteiger partial charge in [-0.15, -0.1) is 11.3 Å². The first-order valence-electron chi connectivity index (χ1n) is 5.71. The van der Waals surface area contributed by atoms with Crippen LogP contribution in [-0.2, 0) is 6.54 Å². The Morgan fingerprint density at radius 1 is 1.53 bits per heavy atom. The smallest absolute Gasteiger partial charge is 0.255 e. The summed E-state index contributed by atoms with van der Waals surface area (Å²) in [6, 6.07) is 5.55. The average Bonchev–Trinajstić information content (AvgIpc) is 2.81. The molecule has 2 aromatic heterocycles. The van der Waals surface area contributed by atoms with Gasteiger partial charge in [0.2, 0.25) is 0 Å². The molecular formula is C13H14BrN3OS. The van der Waals surface area contributed by atoms with Crippen molar-refractivity contribution in [3.8, 4) is 0 Å². The number of hydrogen-bond acceptors (Lipinski definition) is 4. The van der Waals surface area contributed by atoms with Crippen molar-refractivity contribution in [2.24, 2.45) is 0 Å². The quantitative estimate of drug-likeness (QED) is 0.931. The molecule has 0 aliphatic heterocycles. The van der Waals surface area contributed by atoms with Gasteiger partial charge in [-0.05, 0) is 34.1 Å². The van der Waals surface area contributed by atoms with Crippen molar-refractivity contribution in [1.29, 1.82) is 0 Å². The van der Waals surface area contributed by atoms with Crippen molar-refractivity contribution < 1.29 is 4.79 Å². The summed E-state index contributed by atoms with van der Waals surface area (Å²) in [5.41, 5.74) is 0.586. The Labute approximate surface area is 124 Å². The number of pyridine rings is 1. The van der Waals surface area contributed by atoms with E-state index in [4.69, 9.17) is 0 Å². The van der Waals surface area contributed by atoms with Gasteiger partial charge < -0.3 is 10.2 Å². The van der Waals surface area contributed by atoms with Crippen molar-refractivity contribution in [2.75, 3.05) is 19.0 Å². The first kappa shape index (κ1) is 14.0. The van der Waals surface area contributed by atoms with Gasteiger partial charge in [-0.2, -0.15) is 0 Å². The van der Waals surface area contributed by atoms with Gasteiger partial charge in [0.15, 0.2) is 0 Å². The molecule has 2 rings (SSSR count). The highest BCUT2D eigenvalue weighted by Crippen LogP contribution is 2.20. The number of rotatable bonds is 4. The summed E-state index contributed by atoms with van der Waals surface area (Å²) >= 11 is 5.01. The maximum atomic E-state index is 12.2. The predicted molar refractivity (Wildman–Crippen MR) is 81.8 cm³/mol. The second-order valence-electron chi connectivity index (χ2n) is 4.18. The van der Waals surface area contributed by atoms with Crippen LogP contribution in [0.25, 0.3) is 0 Å². The third-order valence-electron chi connectivity index (χ3n) is 2.50. The van der Waals surface area contributed by atoms with Crippen LogP contribution in [0.15, 0.2) is 34.2 Å². The summed E-state index contributed by atoms with van der Waals surface area (Å²) in [5.74, 6) is 0.564. The number of nitrogens with zero attached hydrogens (tertiary/aromatic N) is 2. The van der Waals surface area contributed by atoms with Crippen molar-refractivity contribution in [1.82, 2.24) is 10.3 Å². The van der Waals surface area contributed by atoms with Gasteiger partial charge in [0, 0.05) is 35.0 Å². The average molecular weight is 340 g/mol. The van der Waals surface area contributed by atoms with E-state index in [2.05, 4.69) is 26.2 Å². The molecular weight excluding hydrogens is 326 g/mol. The SMILES string of the molecule is CN(C)c1ncccc1C(=O)NCc1cc(Br)cs1. The zero-order valence-electron chi connectivity index (χ0n) is 10.7. The number of carbonyl (C=O) groups is 1. The van der Waals surface area contributed by atoms with E-state index in [-0.39, 0.29) is 5.91 Å². The minimum Gasteiger partial charge on any atom is -0.362 e. The number of amides is 1. The number of aromatic nitrogens is 1. The summed E-state index contributed by atoms with van der Waals surface area (Å²) in [6.45, 7) is 0.525. The van der Waals surface area contributed by atoms with E-state index in [0.717, 1.165) is 9.35 Å². The van der Waals surface area contributed by atoms with Crippen LogP contribution in [0, 0.1) is 0 Å². The van der Waals surface area contributed by atoms with E-state index in [1.807, 2.05) is 30.4 Å². The lowest BCUT2D eigenvalue weighted by Crippen LogP contribution is -2.25. The Morgan fingerprint density at radius 2 is 2.32 bits per heavy atom. The fourth-order valence-corrected chi connectivity index (χ4v) is 3.03. The number of hydrogen-bond donors (Lipinski definition) is 1. The molecule has 0 unspecified atom stereocenters. The van der Waals surface area contributed by atoms with Gasteiger partial charge in [0.05, 0.1) is 12.1 Å². The summed E-state index contributed by atoms with van der Waals surface area (Å²) in [5, 5.41) is 4.90. The number of nitrogens with one attached hydrogen (secondary N) is 1. The second-order valence-corrected chi connectivity index (χ2v) is 6.09. The van der Waals surface area contributed by atoms with Crippen molar-refractivity contribution >= 4 is 39.0 Å². The number of carbonyl (C=O) groups excluding carboxylic acids is 1. The minimum absolute atomic E-state index is 0.110. The van der Waals surface area contributed by atoms with E-state index in [1.165, 1.54) is 0 Å². The third kappa shape index (κ3) is 3.54. The van der Waals surface area contributed by atoms with Crippen molar-refractivity contribution in [2.45, 2.75) is 6.54 Å². The normalized spacial score (nSPS) is 10.3. The zero-order chi connectivity index (χ0) is 13.8. The Hall–Kier alpha value is -1.40. The van der Waals surface area contributed by atoms with Crippen LogP contribution < -0.4 is 10.2 Å². The van der Waals surface area contributed by atoms with Crippen LogP contribution in [0.4, 0.5) is 5.82 Å². The second kappa shape index (κ2) is 6.16. The van der Waals surface area contributed by atoms with E-state index in [9.17, 15) is 4.79 Å². The molecule has 100 valence electrons. The number of thiophene rings is 1. The maximum Gasteiger partial charge on any atom is 0.255 e. The highest BCUT2D eigenvalue weighted by atomic mass is 79.9. The van der Waals surface area contributed by atoms with Gasteiger partial charge in [-0.25, -0.2) is 4.98 Å². The highest BCUT2D eigenvalue weighted by molar-refractivity contribution is 9.10. The summed E-state index contributed by atoms with van der Waals surface area (Å²) in [6.07, 6.45) is 1.68. The standard InChI is InChI=1S/C13H14BrN3OS/c1-17(2)12-11(4-3-5-15-12)13(18)16-7-10-6-9(14)8-19-10/h3-6,8H,7H2,1-2H3,(H,16,18). The Bertz CT molecular complexity index is 583. The fraction of sp³-hybridized carbons (Fsp3) is 0.231. The molecule has 0 spiro atoms. The van der Waals surface area contributed by atoms with Gasteiger partial charge in [0.1, 0.15) is 5.82 Å². The molecule has 2 heterocycles. The third-order valence-corrected chi connectivity index (χ3v) is 4.20. The molecule has 1 amide bonds. The molecule has 0 radical (unpaired) electrons. The lowest BCUT2D eigenvalue weighted by atomic mass is 10.2. The van der Waals surface area contributed by atoms with E-state index in [1.54, 1.807) is 29.7 Å². The molecule has 19 heavy (non-hydrogen) atoms. The predicted octanol–water partition coefficient (Wildman–Crippen LogP) is 2.90. The first-order valence-corrected chi connectivity index (χ1v) is 7.38. The zero-order valence-corrected chi connectivity index (χ0v) is 13.1. The van der Waals surface area contributed by atoms with Crippen molar-refractivity contribution in [3.05, 3.63) is 44.7 Å². The van der Waals surface area contributed by atoms with Gasteiger partial charge in [-0.3, -0.25) is 4.79 Å². The lowest BCUT2D eigenvalue weighted by molar-refractivity contribution is 0.0951. The van der Waals surface area contributed by atoms with Crippen LogP contribution in [0.3, 0.4) is 0 Å². The first-order chi connectivity index (χ1) is 9.08. The monoisotopic (exact) mass is 339 g/mol. The molecule has 0 aliphatic rings. The van der Waals surface area contributed by atoms with Crippen LogP contribution in [-0.4, -0.2) is 25.0 Å². The van der Waals surface area contributed by atoms with E-state index in [0.29, 0.717) is 17.9 Å². The molecule has 1 N–H and O–H groups in total. The largest absolute Gasteiger partial charge is 0.362 e. The van der Waals surface area contributed by atoms with Crippen molar-refractivity contribution in [3.63, 3.8) is 0 Å². The maximum absolute atomic E-state index is 12.2. The molecule has 2 aromatic rings. The van der Waals surface area contributed by atoms with Crippen LogP contribution in [0.5, 0.6) is 0 Å². The fourth-order valence-electron chi connectivity index (χ4n) is 1.64. The molecule has 0 fully saturated rings. The molecule has 0 aromatic carbocycles. The van der Waals surface area contributed by atoms with E-state index >= 15 is 0 Å². The lowest BCUT2D eigenvalue weighted by Gasteiger charge is -2.15. The summed E-state index contributed by atoms with van der Waals surface area (Å²) in [4.78, 5) is 19.3. The molecule has 0 saturated heterocycles. The van der Waals surface area contributed by atoms with Crippen LogP contribution in [0.1, 0.15) is 15.2 Å². The Balaban J connectivity index is 2.08. The van der Waals surface area contributed by atoms with Crippen LogP contribution in [0.2, 0.25) is 0 Å². The Morgan fingerprint density at radius 3 is 2.95 bits per heavy atom. The summed E-state index contributed by atoms with van der Waals surface area (Å²) < 4.78 is 1.04. The molecule has 0 saturated carbocycles. The van der Waals surface area contributed by atoms with Gasteiger partial charge in [-0.1, -0.05) is 0 Å². The van der Waals surface area contributed by atoms with E-state index < -0.39 is 0 Å². The molecule has 4 nitrogen and oxygen atoms in total. The van der Waals surface area contributed by atoms with Gasteiger partial charge >= 0.3 is 0 Å². The Kier molecular flexibility index (Phi) is 4.55.